The summed E-state index contributed by atoms with van der Waals surface area (Å²) in [6.45, 7) is 1.47. The van der Waals surface area contributed by atoms with Gasteiger partial charge in [0.05, 0.1) is 5.56 Å². The normalized spacial score (nSPS) is 11.0. The van der Waals surface area contributed by atoms with Crippen molar-refractivity contribution in [2.75, 3.05) is 13.1 Å². The zero-order valence-electron chi connectivity index (χ0n) is 22.6. The summed E-state index contributed by atoms with van der Waals surface area (Å²) in [7, 11) is 0. The van der Waals surface area contributed by atoms with Crippen molar-refractivity contribution >= 4 is 5.91 Å². The van der Waals surface area contributed by atoms with E-state index in [-0.39, 0.29) is 18.6 Å². The minimum atomic E-state index is -0.247. The molecule has 10 nitrogen and oxygen atoms in total. The lowest BCUT2D eigenvalue weighted by Crippen LogP contribution is -2.35. The Morgan fingerprint density at radius 3 is 1.82 bits per heavy atom. The largest absolute Gasteiger partial charge is 0.485 e. The molecular formula is C30H35N7O3. The zero-order chi connectivity index (χ0) is 28.3. The minimum absolute atomic E-state index is 0.0968. The van der Waals surface area contributed by atoms with Gasteiger partial charge >= 0.3 is 0 Å². The van der Waals surface area contributed by atoms with E-state index in [1.165, 1.54) is 0 Å². The number of azide groups is 2. The fourth-order valence-electron chi connectivity index (χ4n) is 4.21. The number of hydrogen-bond acceptors (Lipinski definition) is 5. The summed E-state index contributed by atoms with van der Waals surface area (Å²) in [4.78, 5) is 19.2. The Kier molecular flexibility index (Phi) is 13.3. The Morgan fingerprint density at radius 1 is 0.725 bits per heavy atom. The number of unbranched alkanes of at least 4 members (excludes halogenated alkanes) is 2. The van der Waals surface area contributed by atoms with E-state index < -0.39 is 0 Å². The van der Waals surface area contributed by atoms with Gasteiger partial charge in [0, 0.05) is 29.0 Å². The van der Waals surface area contributed by atoms with E-state index >= 15 is 0 Å². The first kappa shape index (κ1) is 29.9. The van der Waals surface area contributed by atoms with Gasteiger partial charge in [0.2, 0.25) is 0 Å². The molecule has 3 aromatic carbocycles. The van der Waals surface area contributed by atoms with E-state index in [0.717, 1.165) is 49.7 Å². The lowest BCUT2D eigenvalue weighted by atomic mass is 10.0. The molecule has 1 N–H and O–H groups in total. The standard InChI is InChI=1S/C30H35N7O3/c31-36-33-20-9-7-16-26(17-8-10-21-34-37-32)35-30(38)27-18-11-19-28(39-22-24-12-3-1-4-13-24)29(27)40-23-25-14-5-2-6-15-25/h1-6,11-15,18-19,26H,7-10,16-17,20-23H2,(H,35,38). The fraction of sp³-hybridized carbons (Fsp3) is 0.367. The maximum absolute atomic E-state index is 13.6. The van der Waals surface area contributed by atoms with Crippen LogP contribution in [-0.2, 0) is 13.2 Å². The number of para-hydroxylation sites is 1. The Labute approximate surface area is 234 Å². The molecule has 208 valence electrons. The predicted octanol–water partition coefficient (Wildman–Crippen LogP) is 7.90. The molecule has 0 radical (unpaired) electrons. The van der Waals surface area contributed by atoms with Crippen LogP contribution in [0.15, 0.2) is 89.1 Å². The summed E-state index contributed by atoms with van der Waals surface area (Å²) < 4.78 is 12.3. The van der Waals surface area contributed by atoms with Crippen molar-refractivity contribution in [3.05, 3.63) is 116 Å². The molecule has 0 unspecified atom stereocenters. The van der Waals surface area contributed by atoms with Crippen LogP contribution in [0.4, 0.5) is 0 Å². The SMILES string of the molecule is [N-]=[N+]=NCCCCC(CCCCN=[N+]=[N-])NC(=O)c1cccc(OCc2ccccc2)c1OCc1ccccc1. The third-order valence-corrected chi connectivity index (χ3v) is 6.27. The number of ether oxygens (including phenoxy) is 2. The third kappa shape index (κ3) is 10.6. The first-order valence-electron chi connectivity index (χ1n) is 13.5. The van der Waals surface area contributed by atoms with Gasteiger partial charge in [0.25, 0.3) is 5.91 Å². The van der Waals surface area contributed by atoms with Crippen molar-refractivity contribution in [1.82, 2.24) is 5.32 Å². The molecule has 0 aliphatic rings. The number of hydrogen-bond donors (Lipinski definition) is 1. The first-order chi connectivity index (χ1) is 19.7. The van der Waals surface area contributed by atoms with Crippen LogP contribution in [0.5, 0.6) is 11.5 Å². The summed E-state index contributed by atoms with van der Waals surface area (Å²) in [5, 5.41) is 10.4. The first-order valence-corrected chi connectivity index (χ1v) is 13.5. The summed E-state index contributed by atoms with van der Waals surface area (Å²) in [6.07, 6.45) is 4.56. The van der Waals surface area contributed by atoms with E-state index in [9.17, 15) is 4.79 Å². The quantitative estimate of drug-likeness (QED) is 0.0755. The summed E-state index contributed by atoms with van der Waals surface area (Å²) in [6, 6.07) is 24.8. The highest BCUT2D eigenvalue weighted by Gasteiger charge is 2.21. The van der Waals surface area contributed by atoms with Crippen molar-refractivity contribution in [3.8, 4) is 11.5 Å². The Hall–Kier alpha value is -4.65. The van der Waals surface area contributed by atoms with Gasteiger partial charge in [-0.2, -0.15) is 0 Å². The van der Waals surface area contributed by atoms with E-state index in [1.807, 2.05) is 66.7 Å². The number of carbonyl (C=O) groups excluding carboxylic acids is 1. The average molecular weight is 542 g/mol. The summed E-state index contributed by atoms with van der Waals surface area (Å²) in [5.41, 5.74) is 19.4. The number of amides is 1. The second kappa shape index (κ2) is 17.8. The summed E-state index contributed by atoms with van der Waals surface area (Å²) in [5.74, 6) is 0.640. The highest BCUT2D eigenvalue weighted by atomic mass is 16.5. The van der Waals surface area contributed by atoms with Gasteiger partial charge in [-0.3, -0.25) is 4.79 Å². The fourth-order valence-corrected chi connectivity index (χ4v) is 4.21. The molecule has 0 bridgehead atoms. The average Bonchev–Trinajstić information content (AvgIpc) is 2.99. The van der Waals surface area contributed by atoms with Crippen molar-refractivity contribution in [3.63, 3.8) is 0 Å². The molecule has 1 amide bonds. The van der Waals surface area contributed by atoms with Crippen LogP contribution >= 0.6 is 0 Å². The van der Waals surface area contributed by atoms with Crippen molar-refractivity contribution < 1.29 is 14.3 Å². The van der Waals surface area contributed by atoms with Crippen LogP contribution in [0, 0.1) is 0 Å². The predicted molar refractivity (Wildman–Crippen MR) is 155 cm³/mol. The van der Waals surface area contributed by atoms with E-state index in [4.69, 9.17) is 20.5 Å². The topological polar surface area (TPSA) is 145 Å². The van der Waals surface area contributed by atoms with Crippen LogP contribution in [-0.4, -0.2) is 25.0 Å². The molecular weight excluding hydrogens is 506 g/mol. The van der Waals surface area contributed by atoms with Gasteiger partial charge in [0.1, 0.15) is 13.2 Å². The monoisotopic (exact) mass is 541 g/mol. The van der Waals surface area contributed by atoms with Gasteiger partial charge in [0.15, 0.2) is 11.5 Å². The molecule has 0 saturated carbocycles. The Morgan fingerprint density at radius 2 is 1.27 bits per heavy atom. The van der Waals surface area contributed by atoms with Crippen LogP contribution in [0.3, 0.4) is 0 Å². The zero-order valence-corrected chi connectivity index (χ0v) is 22.6. The molecule has 3 rings (SSSR count). The number of benzene rings is 3. The van der Waals surface area contributed by atoms with Crippen molar-refractivity contribution in [2.24, 2.45) is 10.2 Å². The maximum Gasteiger partial charge on any atom is 0.255 e. The van der Waals surface area contributed by atoms with Crippen LogP contribution < -0.4 is 14.8 Å². The molecule has 0 atom stereocenters. The molecule has 0 aliphatic carbocycles. The smallest absolute Gasteiger partial charge is 0.255 e. The van der Waals surface area contributed by atoms with E-state index in [2.05, 4.69) is 25.4 Å². The molecule has 10 heteroatoms. The molecule has 0 aliphatic heterocycles. The van der Waals surface area contributed by atoms with E-state index in [1.54, 1.807) is 12.1 Å². The van der Waals surface area contributed by atoms with Gasteiger partial charge in [-0.25, -0.2) is 0 Å². The molecule has 3 aromatic rings. The Balaban J connectivity index is 1.77. The molecule has 0 heterocycles. The number of nitrogens with one attached hydrogen (secondary N) is 1. The van der Waals surface area contributed by atoms with Crippen molar-refractivity contribution in [2.45, 2.75) is 57.8 Å². The second-order valence-corrected chi connectivity index (χ2v) is 9.25. The molecule has 0 fully saturated rings. The summed E-state index contributed by atoms with van der Waals surface area (Å²) >= 11 is 0. The lowest BCUT2D eigenvalue weighted by Gasteiger charge is -2.21. The highest BCUT2D eigenvalue weighted by molar-refractivity contribution is 5.98. The van der Waals surface area contributed by atoms with Crippen molar-refractivity contribution in [1.29, 1.82) is 0 Å². The van der Waals surface area contributed by atoms with Gasteiger partial charge in [-0.1, -0.05) is 89.8 Å². The highest BCUT2D eigenvalue weighted by Crippen LogP contribution is 2.33. The van der Waals surface area contributed by atoms with Crippen LogP contribution in [0.25, 0.3) is 20.9 Å². The van der Waals surface area contributed by atoms with Gasteiger partial charge in [-0.05, 0) is 60.0 Å². The third-order valence-electron chi connectivity index (χ3n) is 6.27. The van der Waals surface area contributed by atoms with Crippen LogP contribution in [0.1, 0.15) is 60.0 Å². The van der Waals surface area contributed by atoms with Crippen LogP contribution in [0.2, 0.25) is 0 Å². The minimum Gasteiger partial charge on any atom is -0.485 e. The molecule has 0 spiro atoms. The number of nitrogens with zero attached hydrogens (tertiary/aromatic N) is 6. The number of carbonyl (C=O) groups is 1. The maximum atomic E-state index is 13.6. The van der Waals surface area contributed by atoms with E-state index in [0.29, 0.717) is 36.8 Å². The molecule has 0 saturated heterocycles. The van der Waals surface area contributed by atoms with Gasteiger partial charge in [-0.15, -0.1) is 0 Å². The lowest BCUT2D eigenvalue weighted by molar-refractivity contribution is 0.0926. The number of rotatable bonds is 18. The second-order valence-electron chi connectivity index (χ2n) is 9.25. The van der Waals surface area contributed by atoms with Gasteiger partial charge < -0.3 is 14.8 Å². The molecule has 40 heavy (non-hydrogen) atoms. The molecule has 0 aromatic heterocycles. The Bertz CT molecular complexity index is 1250.